The highest BCUT2D eigenvalue weighted by Crippen LogP contribution is 2.21. The average molecular weight is 236 g/mol. The molecule has 2 heterocycles. The van der Waals surface area contributed by atoms with Crippen LogP contribution in [-0.4, -0.2) is 36.9 Å². The van der Waals surface area contributed by atoms with E-state index in [-0.39, 0.29) is 6.61 Å². The summed E-state index contributed by atoms with van der Waals surface area (Å²) < 4.78 is 5.48. The van der Waals surface area contributed by atoms with Crippen LogP contribution in [0.1, 0.15) is 18.4 Å². The van der Waals surface area contributed by atoms with E-state index in [1.165, 1.54) is 6.42 Å². The molecule has 1 fully saturated rings. The fraction of sp³-hybridized carbons (Fsp3) is 0.615. The van der Waals surface area contributed by atoms with Crippen LogP contribution in [0.15, 0.2) is 18.5 Å². The lowest BCUT2D eigenvalue weighted by molar-refractivity contribution is 0.0576. The Balaban J connectivity index is 2.00. The van der Waals surface area contributed by atoms with Gasteiger partial charge in [0.15, 0.2) is 0 Å². The third kappa shape index (κ3) is 3.17. The largest absolute Gasteiger partial charge is 0.392 e. The maximum Gasteiger partial charge on any atom is 0.0703 e. The Kier molecular flexibility index (Phi) is 4.34. The lowest BCUT2D eigenvalue weighted by atomic mass is 10.0. The molecule has 4 nitrogen and oxygen atoms in total. The number of pyridine rings is 1. The first-order valence-corrected chi connectivity index (χ1v) is 6.14. The molecular weight excluding hydrogens is 216 g/mol. The number of ether oxygens (including phenoxy) is 1. The molecule has 1 aromatic heterocycles. The summed E-state index contributed by atoms with van der Waals surface area (Å²) >= 11 is 0. The van der Waals surface area contributed by atoms with Crippen LogP contribution in [0.3, 0.4) is 0 Å². The van der Waals surface area contributed by atoms with Crippen molar-refractivity contribution in [2.24, 2.45) is 5.92 Å². The van der Waals surface area contributed by atoms with E-state index in [9.17, 15) is 5.11 Å². The quantitative estimate of drug-likeness (QED) is 0.859. The number of aliphatic hydroxyl groups excluding tert-OH is 1. The first-order chi connectivity index (χ1) is 8.31. The molecule has 0 aliphatic carbocycles. The van der Waals surface area contributed by atoms with E-state index >= 15 is 0 Å². The van der Waals surface area contributed by atoms with Crippen LogP contribution in [0.4, 0.5) is 5.69 Å². The minimum atomic E-state index is 0.0589. The summed E-state index contributed by atoms with van der Waals surface area (Å²) in [6.45, 7) is 2.76. The van der Waals surface area contributed by atoms with Gasteiger partial charge in [0.2, 0.25) is 0 Å². The molecule has 0 radical (unpaired) electrons. The fourth-order valence-electron chi connectivity index (χ4n) is 2.33. The summed E-state index contributed by atoms with van der Waals surface area (Å²) in [5.41, 5.74) is 1.94. The zero-order chi connectivity index (χ0) is 12.1. The number of rotatable bonds is 4. The lowest BCUT2D eigenvalue weighted by Crippen LogP contribution is -2.31. The summed E-state index contributed by atoms with van der Waals surface area (Å²) in [4.78, 5) is 6.29. The van der Waals surface area contributed by atoms with Crippen LogP contribution < -0.4 is 4.90 Å². The van der Waals surface area contributed by atoms with Crippen molar-refractivity contribution in [1.82, 2.24) is 4.98 Å². The van der Waals surface area contributed by atoms with Gasteiger partial charge < -0.3 is 14.7 Å². The normalized spacial score (nSPS) is 20.2. The average Bonchev–Trinajstić information content (AvgIpc) is 2.40. The van der Waals surface area contributed by atoms with E-state index in [2.05, 4.69) is 9.88 Å². The van der Waals surface area contributed by atoms with Crippen molar-refractivity contribution in [3.63, 3.8) is 0 Å². The second-order valence-corrected chi connectivity index (χ2v) is 4.63. The zero-order valence-corrected chi connectivity index (χ0v) is 10.3. The molecule has 0 saturated carbocycles. The highest BCUT2D eigenvalue weighted by atomic mass is 16.5. The van der Waals surface area contributed by atoms with E-state index in [0.717, 1.165) is 37.4 Å². The molecule has 1 aliphatic rings. The van der Waals surface area contributed by atoms with Gasteiger partial charge in [-0.25, -0.2) is 0 Å². The first-order valence-electron chi connectivity index (χ1n) is 6.14. The van der Waals surface area contributed by atoms with Crippen LogP contribution in [-0.2, 0) is 11.3 Å². The van der Waals surface area contributed by atoms with E-state index in [4.69, 9.17) is 4.74 Å². The van der Waals surface area contributed by atoms with Crippen LogP contribution in [0.2, 0.25) is 0 Å². The third-order valence-corrected chi connectivity index (χ3v) is 3.26. The predicted octanol–water partition coefficient (Wildman–Crippen LogP) is 1.44. The van der Waals surface area contributed by atoms with Crippen LogP contribution in [0, 0.1) is 5.92 Å². The summed E-state index contributed by atoms with van der Waals surface area (Å²) in [7, 11) is 2.05. The Morgan fingerprint density at radius 2 is 2.47 bits per heavy atom. The number of anilines is 1. The molecule has 0 amide bonds. The molecule has 2 rings (SSSR count). The summed E-state index contributed by atoms with van der Waals surface area (Å²) in [5.74, 6) is 0.584. The second-order valence-electron chi connectivity index (χ2n) is 4.63. The van der Waals surface area contributed by atoms with Crippen LogP contribution in [0.5, 0.6) is 0 Å². The number of hydrogen-bond donors (Lipinski definition) is 1. The van der Waals surface area contributed by atoms with Crippen molar-refractivity contribution in [2.75, 3.05) is 31.7 Å². The summed E-state index contributed by atoms with van der Waals surface area (Å²) in [6.07, 6.45) is 5.90. The molecule has 17 heavy (non-hydrogen) atoms. The smallest absolute Gasteiger partial charge is 0.0703 e. The van der Waals surface area contributed by atoms with Crippen LogP contribution in [0.25, 0.3) is 0 Å². The van der Waals surface area contributed by atoms with Gasteiger partial charge in [-0.1, -0.05) is 0 Å². The standard InChI is InChI=1S/C13H20N2O2/c1-15(8-11-3-2-6-17-10-11)13-7-14-5-4-12(13)9-16/h4-5,7,11,16H,2-3,6,8-10H2,1H3. The molecule has 0 bridgehead atoms. The van der Waals surface area contributed by atoms with E-state index in [0.29, 0.717) is 5.92 Å². The van der Waals surface area contributed by atoms with E-state index < -0.39 is 0 Å². The molecule has 1 atom stereocenters. The maximum atomic E-state index is 9.29. The molecule has 1 aliphatic heterocycles. The number of nitrogens with zero attached hydrogens (tertiary/aromatic N) is 2. The highest BCUT2D eigenvalue weighted by molar-refractivity contribution is 5.50. The van der Waals surface area contributed by atoms with Gasteiger partial charge in [-0.05, 0) is 24.8 Å². The number of hydrogen-bond acceptors (Lipinski definition) is 4. The minimum absolute atomic E-state index is 0.0589. The Morgan fingerprint density at radius 3 is 3.18 bits per heavy atom. The molecule has 1 aromatic rings. The Labute approximate surface area is 102 Å². The van der Waals surface area contributed by atoms with Gasteiger partial charge in [0.25, 0.3) is 0 Å². The van der Waals surface area contributed by atoms with Gasteiger partial charge in [-0.3, -0.25) is 4.98 Å². The van der Waals surface area contributed by atoms with E-state index in [1.807, 2.05) is 19.3 Å². The SMILES string of the molecule is CN(CC1CCCOC1)c1cnccc1CO. The van der Waals surface area contributed by atoms with Gasteiger partial charge in [0.05, 0.1) is 25.1 Å². The van der Waals surface area contributed by atoms with Gasteiger partial charge >= 0.3 is 0 Å². The van der Waals surface area contributed by atoms with Gasteiger partial charge in [-0.15, -0.1) is 0 Å². The Morgan fingerprint density at radius 1 is 1.59 bits per heavy atom. The molecular formula is C13H20N2O2. The van der Waals surface area contributed by atoms with Gasteiger partial charge in [0.1, 0.15) is 0 Å². The van der Waals surface area contributed by atoms with Crippen molar-refractivity contribution in [3.05, 3.63) is 24.0 Å². The fourth-order valence-corrected chi connectivity index (χ4v) is 2.33. The third-order valence-electron chi connectivity index (χ3n) is 3.26. The predicted molar refractivity (Wildman–Crippen MR) is 67.0 cm³/mol. The Hall–Kier alpha value is -1.13. The van der Waals surface area contributed by atoms with Crippen molar-refractivity contribution in [3.8, 4) is 0 Å². The Bertz CT molecular complexity index is 351. The molecule has 94 valence electrons. The van der Waals surface area contributed by atoms with Crippen molar-refractivity contribution < 1.29 is 9.84 Å². The molecule has 0 aromatic carbocycles. The van der Waals surface area contributed by atoms with Gasteiger partial charge in [0, 0.05) is 32.0 Å². The van der Waals surface area contributed by atoms with Crippen molar-refractivity contribution in [2.45, 2.75) is 19.4 Å². The first kappa shape index (κ1) is 12.3. The molecule has 1 saturated heterocycles. The molecule has 1 N–H and O–H groups in total. The minimum Gasteiger partial charge on any atom is -0.392 e. The number of aromatic nitrogens is 1. The van der Waals surface area contributed by atoms with Crippen molar-refractivity contribution in [1.29, 1.82) is 0 Å². The lowest BCUT2D eigenvalue weighted by Gasteiger charge is -2.29. The monoisotopic (exact) mass is 236 g/mol. The highest BCUT2D eigenvalue weighted by Gasteiger charge is 2.17. The van der Waals surface area contributed by atoms with E-state index in [1.54, 1.807) is 6.20 Å². The summed E-state index contributed by atoms with van der Waals surface area (Å²) in [5, 5.41) is 9.29. The molecule has 0 spiro atoms. The molecule has 4 heteroatoms. The maximum absolute atomic E-state index is 9.29. The second kappa shape index (κ2) is 5.98. The number of aliphatic hydroxyl groups is 1. The summed E-state index contributed by atoms with van der Waals surface area (Å²) in [6, 6.07) is 1.86. The van der Waals surface area contributed by atoms with Gasteiger partial charge in [-0.2, -0.15) is 0 Å². The topological polar surface area (TPSA) is 45.6 Å². The van der Waals surface area contributed by atoms with Crippen molar-refractivity contribution >= 4 is 5.69 Å². The zero-order valence-electron chi connectivity index (χ0n) is 10.3. The van der Waals surface area contributed by atoms with Crippen LogP contribution >= 0.6 is 0 Å². The molecule has 1 unspecified atom stereocenters.